The van der Waals surface area contributed by atoms with Crippen molar-refractivity contribution in [2.75, 3.05) is 12.4 Å². The van der Waals surface area contributed by atoms with Crippen LogP contribution in [0.1, 0.15) is 11.1 Å². The number of benzene rings is 2. The van der Waals surface area contributed by atoms with Gasteiger partial charge in [-0.05, 0) is 51.8 Å². The number of rotatable bonds is 4. The summed E-state index contributed by atoms with van der Waals surface area (Å²) in [5.74, 6) is 0.594. The average molecular weight is 345 g/mol. The van der Waals surface area contributed by atoms with E-state index in [-0.39, 0.29) is 12.3 Å². The highest BCUT2D eigenvalue weighted by molar-refractivity contribution is 9.10. The van der Waals surface area contributed by atoms with E-state index in [0.29, 0.717) is 17.0 Å². The molecule has 1 N–H and O–H groups in total. The lowest BCUT2D eigenvalue weighted by molar-refractivity contribution is -0.115. The summed E-state index contributed by atoms with van der Waals surface area (Å²) in [6.07, 6.45) is 0.259. The van der Waals surface area contributed by atoms with Gasteiger partial charge in [0.05, 0.1) is 29.6 Å². The molecule has 0 saturated heterocycles. The van der Waals surface area contributed by atoms with Gasteiger partial charge < -0.3 is 10.1 Å². The zero-order chi connectivity index (χ0) is 15.2. The predicted octanol–water partition coefficient (Wildman–Crippen LogP) is 3.51. The smallest absolute Gasteiger partial charge is 0.228 e. The van der Waals surface area contributed by atoms with Gasteiger partial charge in [0.15, 0.2) is 0 Å². The lowest BCUT2D eigenvalue weighted by atomic mass is 10.1. The molecule has 0 aliphatic heterocycles. The van der Waals surface area contributed by atoms with Crippen LogP contribution >= 0.6 is 15.9 Å². The van der Waals surface area contributed by atoms with Gasteiger partial charge in [0.1, 0.15) is 5.75 Å². The standard InChI is InChI=1S/C16H13BrN2O2/c1-21-15-7-6-13(9-14(15)17)19-16(20)8-11-2-4-12(10-18)5-3-11/h2-7,9H,8H2,1H3,(H,19,20). The van der Waals surface area contributed by atoms with E-state index in [1.54, 1.807) is 49.6 Å². The van der Waals surface area contributed by atoms with Crippen molar-refractivity contribution < 1.29 is 9.53 Å². The zero-order valence-electron chi connectivity index (χ0n) is 11.4. The molecule has 21 heavy (non-hydrogen) atoms. The third-order valence-electron chi connectivity index (χ3n) is 2.88. The molecule has 4 nitrogen and oxygen atoms in total. The number of amides is 1. The van der Waals surface area contributed by atoms with Crippen LogP contribution in [-0.4, -0.2) is 13.0 Å². The van der Waals surface area contributed by atoms with Gasteiger partial charge >= 0.3 is 0 Å². The molecular formula is C16H13BrN2O2. The van der Waals surface area contributed by atoms with Crippen LogP contribution in [0, 0.1) is 11.3 Å². The monoisotopic (exact) mass is 344 g/mol. The molecule has 2 aromatic rings. The summed E-state index contributed by atoms with van der Waals surface area (Å²) in [5.41, 5.74) is 2.14. The van der Waals surface area contributed by atoms with E-state index >= 15 is 0 Å². The van der Waals surface area contributed by atoms with E-state index in [1.807, 2.05) is 6.07 Å². The quantitative estimate of drug-likeness (QED) is 0.922. The molecule has 0 aliphatic carbocycles. The van der Waals surface area contributed by atoms with E-state index < -0.39 is 0 Å². The largest absolute Gasteiger partial charge is 0.496 e. The Balaban J connectivity index is 2.01. The van der Waals surface area contributed by atoms with Crippen LogP contribution in [0.15, 0.2) is 46.9 Å². The molecule has 0 radical (unpaired) electrons. The number of hydrogen-bond donors (Lipinski definition) is 1. The summed E-state index contributed by atoms with van der Waals surface area (Å²) >= 11 is 3.37. The van der Waals surface area contributed by atoms with Crippen molar-refractivity contribution in [3.63, 3.8) is 0 Å². The summed E-state index contributed by atoms with van der Waals surface area (Å²) in [4.78, 5) is 12.0. The van der Waals surface area contributed by atoms with Gasteiger partial charge in [-0.3, -0.25) is 4.79 Å². The van der Waals surface area contributed by atoms with E-state index in [0.717, 1.165) is 10.0 Å². The molecule has 0 fully saturated rings. The third-order valence-corrected chi connectivity index (χ3v) is 3.50. The fraction of sp³-hybridized carbons (Fsp3) is 0.125. The van der Waals surface area contributed by atoms with Crippen molar-refractivity contribution in [1.29, 1.82) is 5.26 Å². The molecular weight excluding hydrogens is 332 g/mol. The van der Waals surface area contributed by atoms with Gasteiger partial charge in [0.25, 0.3) is 0 Å². The number of nitriles is 1. The molecule has 0 spiro atoms. The normalized spacial score (nSPS) is 9.76. The lowest BCUT2D eigenvalue weighted by Crippen LogP contribution is -2.14. The minimum Gasteiger partial charge on any atom is -0.496 e. The zero-order valence-corrected chi connectivity index (χ0v) is 13.0. The Kier molecular flexibility index (Phi) is 4.96. The Hall–Kier alpha value is -2.32. The Labute approximate surface area is 131 Å². The first-order valence-corrected chi connectivity index (χ1v) is 7.04. The van der Waals surface area contributed by atoms with Gasteiger partial charge in [-0.15, -0.1) is 0 Å². The summed E-state index contributed by atoms with van der Waals surface area (Å²) < 4.78 is 5.92. The van der Waals surface area contributed by atoms with Crippen molar-refractivity contribution in [2.45, 2.75) is 6.42 Å². The molecule has 2 rings (SSSR count). The minimum absolute atomic E-state index is 0.114. The SMILES string of the molecule is COc1ccc(NC(=O)Cc2ccc(C#N)cc2)cc1Br. The van der Waals surface area contributed by atoms with Crippen LogP contribution in [0.5, 0.6) is 5.75 Å². The number of carbonyl (C=O) groups is 1. The summed E-state index contributed by atoms with van der Waals surface area (Å²) in [6, 6.07) is 14.4. The van der Waals surface area contributed by atoms with Crippen LogP contribution in [0.3, 0.4) is 0 Å². The number of ether oxygens (including phenoxy) is 1. The maximum atomic E-state index is 12.0. The van der Waals surface area contributed by atoms with Crippen LogP contribution in [0.4, 0.5) is 5.69 Å². The second kappa shape index (κ2) is 6.91. The van der Waals surface area contributed by atoms with Gasteiger partial charge in [0.2, 0.25) is 5.91 Å². The molecule has 106 valence electrons. The summed E-state index contributed by atoms with van der Waals surface area (Å²) in [5, 5.41) is 11.6. The second-order valence-electron chi connectivity index (χ2n) is 4.38. The second-order valence-corrected chi connectivity index (χ2v) is 5.24. The first kappa shape index (κ1) is 15.1. The number of carbonyl (C=O) groups excluding carboxylic acids is 1. The topological polar surface area (TPSA) is 62.1 Å². The fourth-order valence-electron chi connectivity index (χ4n) is 1.83. The Morgan fingerprint density at radius 1 is 1.29 bits per heavy atom. The first-order chi connectivity index (χ1) is 10.1. The maximum Gasteiger partial charge on any atom is 0.228 e. The molecule has 1 amide bonds. The van der Waals surface area contributed by atoms with E-state index in [9.17, 15) is 4.79 Å². The predicted molar refractivity (Wildman–Crippen MR) is 84.2 cm³/mol. The maximum absolute atomic E-state index is 12.0. The molecule has 0 bridgehead atoms. The molecule has 0 aromatic heterocycles. The summed E-state index contributed by atoms with van der Waals surface area (Å²) in [7, 11) is 1.59. The van der Waals surface area contributed by atoms with Crippen molar-refractivity contribution in [3.8, 4) is 11.8 Å². The summed E-state index contributed by atoms with van der Waals surface area (Å²) in [6.45, 7) is 0. The van der Waals surface area contributed by atoms with E-state index in [1.165, 1.54) is 0 Å². The Morgan fingerprint density at radius 3 is 2.57 bits per heavy atom. The van der Waals surface area contributed by atoms with Gasteiger partial charge in [-0.1, -0.05) is 12.1 Å². The van der Waals surface area contributed by atoms with Crippen molar-refractivity contribution in [1.82, 2.24) is 0 Å². The molecule has 0 heterocycles. The van der Waals surface area contributed by atoms with Crippen LogP contribution < -0.4 is 10.1 Å². The van der Waals surface area contributed by atoms with Crippen LogP contribution in [0.25, 0.3) is 0 Å². The van der Waals surface area contributed by atoms with Crippen molar-refractivity contribution >= 4 is 27.5 Å². The van der Waals surface area contributed by atoms with Crippen LogP contribution in [-0.2, 0) is 11.2 Å². The number of nitrogens with zero attached hydrogens (tertiary/aromatic N) is 1. The fourth-order valence-corrected chi connectivity index (χ4v) is 2.37. The number of methoxy groups -OCH3 is 1. The lowest BCUT2D eigenvalue weighted by Gasteiger charge is -2.08. The Bertz CT molecular complexity index is 690. The number of halogens is 1. The molecule has 0 atom stereocenters. The van der Waals surface area contributed by atoms with Gasteiger partial charge in [-0.25, -0.2) is 0 Å². The molecule has 0 unspecified atom stereocenters. The van der Waals surface area contributed by atoms with Crippen molar-refractivity contribution in [3.05, 3.63) is 58.1 Å². The highest BCUT2D eigenvalue weighted by Gasteiger charge is 2.06. The number of nitrogens with one attached hydrogen (secondary N) is 1. The van der Waals surface area contributed by atoms with Crippen LogP contribution in [0.2, 0.25) is 0 Å². The van der Waals surface area contributed by atoms with Crippen molar-refractivity contribution in [2.24, 2.45) is 0 Å². The van der Waals surface area contributed by atoms with E-state index in [2.05, 4.69) is 21.2 Å². The van der Waals surface area contributed by atoms with Gasteiger partial charge in [-0.2, -0.15) is 5.26 Å². The minimum atomic E-state index is -0.114. The molecule has 0 aliphatic rings. The number of anilines is 1. The molecule has 0 saturated carbocycles. The molecule has 2 aromatic carbocycles. The van der Waals surface area contributed by atoms with E-state index in [4.69, 9.17) is 10.00 Å². The highest BCUT2D eigenvalue weighted by atomic mass is 79.9. The number of hydrogen-bond acceptors (Lipinski definition) is 3. The third kappa shape index (κ3) is 4.07. The highest BCUT2D eigenvalue weighted by Crippen LogP contribution is 2.27. The average Bonchev–Trinajstić information content (AvgIpc) is 2.48. The molecule has 5 heteroatoms. The first-order valence-electron chi connectivity index (χ1n) is 6.25. The Morgan fingerprint density at radius 2 is 2.00 bits per heavy atom. The van der Waals surface area contributed by atoms with Gasteiger partial charge in [0, 0.05) is 5.69 Å².